The van der Waals surface area contributed by atoms with E-state index < -0.39 is 6.09 Å². The van der Waals surface area contributed by atoms with E-state index in [9.17, 15) is 4.79 Å². The van der Waals surface area contributed by atoms with E-state index >= 15 is 0 Å². The average Bonchev–Trinajstić information content (AvgIpc) is 2.41. The van der Waals surface area contributed by atoms with Crippen LogP contribution in [-0.2, 0) is 0 Å². The van der Waals surface area contributed by atoms with Crippen molar-refractivity contribution in [3.8, 4) is 0 Å². The van der Waals surface area contributed by atoms with Crippen LogP contribution in [0.5, 0.6) is 0 Å². The number of rotatable bonds is 0. The molecule has 2 N–H and O–H groups in total. The number of carboxylic acid groups (broad SMARTS) is 1. The topological polar surface area (TPSA) is 69.2 Å². The first-order valence-corrected chi connectivity index (χ1v) is 2.98. The fraction of sp³-hybridized carbons (Fsp3) is 0.333. The van der Waals surface area contributed by atoms with E-state index in [1.54, 1.807) is 12.4 Å². The van der Waals surface area contributed by atoms with Crippen LogP contribution in [0.25, 0.3) is 0 Å². The molecule has 0 unspecified atom stereocenters. The molecule has 0 aromatic carbocycles. The first kappa shape index (κ1) is 9.48. The van der Waals surface area contributed by atoms with Crippen molar-refractivity contribution in [2.24, 2.45) is 0 Å². The fourth-order valence-corrected chi connectivity index (χ4v) is 0.215. The molecule has 0 saturated heterocycles. The zero-order valence-corrected chi connectivity index (χ0v) is 6.48. The maximum absolute atomic E-state index is 9.62. The molecular formula is C6H11N3O2. The molecule has 0 spiro atoms. The number of carbonyl (C=O) groups is 1. The monoisotopic (exact) mass is 157 g/mol. The third kappa shape index (κ3) is 6.36. The molecule has 1 rings (SSSR count). The number of hydrogen-bond acceptors (Lipinski definition) is 2. The van der Waals surface area contributed by atoms with E-state index in [0.29, 0.717) is 0 Å². The van der Waals surface area contributed by atoms with Crippen molar-refractivity contribution in [3.05, 3.63) is 18.5 Å². The lowest BCUT2D eigenvalue weighted by Crippen LogP contribution is -2.18. The SMILES string of the molecule is CN(C)C(=O)O.c1cn[nH]c1. The largest absolute Gasteiger partial charge is 0.465 e. The minimum absolute atomic E-state index is 0.907. The summed E-state index contributed by atoms with van der Waals surface area (Å²) in [4.78, 5) is 10.7. The zero-order chi connectivity index (χ0) is 8.69. The molecule has 0 aliphatic carbocycles. The Kier molecular flexibility index (Phi) is 4.55. The maximum atomic E-state index is 9.62. The lowest BCUT2D eigenvalue weighted by atomic mass is 10.8. The predicted molar refractivity (Wildman–Crippen MR) is 40.3 cm³/mol. The summed E-state index contributed by atoms with van der Waals surface area (Å²) in [7, 11) is 2.95. The van der Waals surface area contributed by atoms with Crippen LogP contribution in [0, 0.1) is 0 Å². The quantitative estimate of drug-likeness (QED) is 0.580. The Labute approximate surface area is 64.6 Å². The highest BCUT2D eigenvalue weighted by Gasteiger charge is 1.91. The van der Waals surface area contributed by atoms with E-state index in [1.807, 2.05) is 6.07 Å². The first-order chi connectivity index (χ1) is 5.14. The van der Waals surface area contributed by atoms with E-state index in [4.69, 9.17) is 5.11 Å². The van der Waals surface area contributed by atoms with Crippen LogP contribution < -0.4 is 0 Å². The Morgan fingerprint density at radius 3 is 2.27 bits per heavy atom. The molecule has 0 saturated carbocycles. The fourth-order valence-electron chi connectivity index (χ4n) is 0.215. The van der Waals surface area contributed by atoms with Gasteiger partial charge in [-0.15, -0.1) is 0 Å². The van der Waals surface area contributed by atoms with Gasteiger partial charge < -0.3 is 10.0 Å². The third-order valence-electron chi connectivity index (χ3n) is 0.788. The molecule has 0 aliphatic heterocycles. The number of hydrogen-bond donors (Lipinski definition) is 2. The van der Waals surface area contributed by atoms with E-state index in [1.165, 1.54) is 14.1 Å². The molecule has 1 heterocycles. The van der Waals surface area contributed by atoms with E-state index in [2.05, 4.69) is 10.2 Å². The van der Waals surface area contributed by atoms with Crippen LogP contribution in [-0.4, -0.2) is 40.4 Å². The van der Waals surface area contributed by atoms with Crippen LogP contribution >= 0.6 is 0 Å². The standard InChI is InChI=1S/C3H4N2.C3H7NO2/c1-2-4-5-3-1;1-4(2)3(5)6/h1-3H,(H,4,5);1-2H3,(H,5,6). The van der Waals surface area contributed by atoms with Gasteiger partial charge in [0.05, 0.1) is 0 Å². The molecule has 1 amide bonds. The lowest BCUT2D eigenvalue weighted by Gasteiger charge is -1.99. The summed E-state index contributed by atoms with van der Waals surface area (Å²) in [5.74, 6) is 0. The molecule has 0 fully saturated rings. The average molecular weight is 157 g/mol. The summed E-state index contributed by atoms with van der Waals surface area (Å²) in [5, 5.41) is 14.1. The molecule has 5 nitrogen and oxygen atoms in total. The molecule has 0 bridgehead atoms. The molecule has 11 heavy (non-hydrogen) atoms. The Bertz CT molecular complexity index is 166. The minimum Gasteiger partial charge on any atom is -0.465 e. The van der Waals surface area contributed by atoms with E-state index in [-0.39, 0.29) is 0 Å². The Balaban J connectivity index is 0.000000183. The molecule has 1 aromatic rings. The van der Waals surface area contributed by atoms with Gasteiger partial charge in [0.15, 0.2) is 0 Å². The molecule has 62 valence electrons. The summed E-state index contributed by atoms with van der Waals surface area (Å²) in [6.45, 7) is 0. The van der Waals surface area contributed by atoms with Crippen LogP contribution in [0.15, 0.2) is 18.5 Å². The van der Waals surface area contributed by atoms with Gasteiger partial charge in [0.1, 0.15) is 0 Å². The van der Waals surface area contributed by atoms with Crippen molar-refractivity contribution < 1.29 is 9.90 Å². The second-order valence-corrected chi connectivity index (χ2v) is 1.94. The second kappa shape index (κ2) is 5.28. The summed E-state index contributed by atoms with van der Waals surface area (Å²) in [6, 6.07) is 1.83. The summed E-state index contributed by atoms with van der Waals surface area (Å²) in [6.07, 6.45) is 2.55. The Morgan fingerprint density at radius 1 is 1.64 bits per heavy atom. The van der Waals surface area contributed by atoms with Crippen molar-refractivity contribution in [1.29, 1.82) is 0 Å². The molecule has 0 atom stereocenters. The number of nitrogens with zero attached hydrogens (tertiary/aromatic N) is 2. The predicted octanol–water partition coefficient (Wildman–Crippen LogP) is 0.636. The summed E-state index contributed by atoms with van der Waals surface area (Å²) < 4.78 is 0. The first-order valence-electron chi connectivity index (χ1n) is 2.98. The van der Waals surface area contributed by atoms with Crippen LogP contribution in [0.2, 0.25) is 0 Å². The Morgan fingerprint density at radius 2 is 2.18 bits per heavy atom. The highest BCUT2D eigenvalue weighted by Crippen LogP contribution is 1.69. The lowest BCUT2D eigenvalue weighted by molar-refractivity contribution is 0.165. The molecular weight excluding hydrogens is 146 g/mol. The third-order valence-corrected chi connectivity index (χ3v) is 0.788. The number of aromatic nitrogens is 2. The van der Waals surface area contributed by atoms with Gasteiger partial charge in [0, 0.05) is 26.5 Å². The van der Waals surface area contributed by atoms with Crippen molar-refractivity contribution in [2.75, 3.05) is 14.1 Å². The number of aromatic amines is 1. The highest BCUT2D eigenvalue weighted by molar-refractivity contribution is 5.63. The number of H-pyrrole nitrogens is 1. The van der Waals surface area contributed by atoms with Gasteiger partial charge in [-0.3, -0.25) is 5.10 Å². The van der Waals surface area contributed by atoms with Crippen molar-refractivity contribution in [3.63, 3.8) is 0 Å². The van der Waals surface area contributed by atoms with Gasteiger partial charge in [-0.1, -0.05) is 0 Å². The summed E-state index contributed by atoms with van der Waals surface area (Å²) in [5.41, 5.74) is 0. The minimum atomic E-state index is -0.907. The number of amides is 1. The maximum Gasteiger partial charge on any atom is 0.406 e. The van der Waals surface area contributed by atoms with E-state index in [0.717, 1.165) is 4.90 Å². The van der Waals surface area contributed by atoms with Crippen LogP contribution in [0.3, 0.4) is 0 Å². The summed E-state index contributed by atoms with van der Waals surface area (Å²) >= 11 is 0. The number of nitrogens with one attached hydrogen (secondary N) is 1. The molecule has 0 aliphatic rings. The zero-order valence-electron chi connectivity index (χ0n) is 6.48. The molecule has 5 heteroatoms. The van der Waals surface area contributed by atoms with Gasteiger partial charge in [-0.2, -0.15) is 5.10 Å². The molecule has 1 aromatic heterocycles. The van der Waals surface area contributed by atoms with Gasteiger partial charge in [0.2, 0.25) is 0 Å². The molecule has 0 radical (unpaired) electrons. The Hall–Kier alpha value is -1.52. The highest BCUT2D eigenvalue weighted by atomic mass is 16.4. The second-order valence-electron chi connectivity index (χ2n) is 1.94. The normalized spacial score (nSPS) is 7.82. The van der Waals surface area contributed by atoms with Crippen LogP contribution in [0.4, 0.5) is 4.79 Å². The van der Waals surface area contributed by atoms with Crippen molar-refractivity contribution >= 4 is 6.09 Å². The van der Waals surface area contributed by atoms with Crippen molar-refractivity contribution in [2.45, 2.75) is 0 Å². The van der Waals surface area contributed by atoms with Gasteiger partial charge in [-0.25, -0.2) is 4.79 Å². The van der Waals surface area contributed by atoms with Gasteiger partial charge >= 0.3 is 6.09 Å². The van der Waals surface area contributed by atoms with Gasteiger partial charge in [0.25, 0.3) is 0 Å². The van der Waals surface area contributed by atoms with Crippen LogP contribution in [0.1, 0.15) is 0 Å². The van der Waals surface area contributed by atoms with Crippen molar-refractivity contribution in [1.82, 2.24) is 15.1 Å². The smallest absolute Gasteiger partial charge is 0.406 e. The van der Waals surface area contributed by atoms with Gasteiger partial charge in [-0.05, 0) is 6.07 Å².